The first-order valence-corrected chi connectivity index (χ1v) is 13.0. The number of nitrogens with zero attached hydrogens (tertiary/aromatic N) is 2. The van der Waals surface area contributed by atoms with Gasteiger partial charge in [-0.15, -0.1) is 0 Å². The number of benzene rings is 5. The number of para-hydroxylation sites is 2. The SMILES string of the molecule is Cc1cc(C(=Nc2ccccc2)c2ccccc2)c(I)cc1C(=Nc1ccccc1)c1ccccc1. The van der Waals surface area contributed by atoms with Crippen molar-refractivity contribution in [2.75, 3.05) is 0 Å². The molecule has 3 heteroatoms. The van der Waals surface area contributed by atoms with Gasteiger partial charge in [0.25, 0.3) is 0 Å². The average Bonchev–Trinajstić information content (AvgIpc) is 2.94. The van der Waals surface area contributed by atoms with Crippen LogP contribution in [0.2, 0.25) is 0 Å². The first kappa shape index (κ1) is 23.9. The fourth-order valence-corrected chi connectivity index (χ4v) is 4.86. The van der Waals surface area contributed by atoms with E-state index in [-0.39, 0.29) is 0 Å². The molecule has 0 aliphatic rings. The smallest absolute Gasteiger partial charge is 0.0792 e. The van der Waals surface area contributed by atoms with E-state index in [9.17, 15) is 0 Å². The molecule has 0 aliphatic carbocycles. The molecule has 2 nitrogen and oxygen atoms in total. The van der Waals surface area contributed by atoms with Gasteiger partial charge in [-0.05, 0) is 71.5 Å². The van der Waals surface area contributed by atoms with Crippen LogP contribution >= 0.6 is 22.6 Å². The summed E-state index contributed by atoms with van der Waals surface area (Å²) in [7, 11) is 0. The quantitative estimate of drug-likeness (QED) is 0.142. The Morgan fingerprint density at radius 3 is 1.33 bits per heavy atom. The zero-order valence-corrected chi connectivity index (χ0v) is 22.1. The highest BCUT2D eigenvalue weighted by atomic mass is 127. The molecule has 5 aromatic rings. The van der Waals surface area contributed by atoms with E-state index in [1.807, 2.05) is 72.8 Å². The Morgan fingerprint density at radius 1 is 0.500 bits per heavy atom. The Kier molecular flexibility index (Phi) is 7.48. The molecule has 5 rings (SSSR count). The van der Waals surface area contributed by atoms with Gasteiger partial charge < -0.3 is 0 Å². The largest absolute Gasteiger partial charge is 0.248 e. The summed E-state index contributed by atoms with van der Waals surface area (Å²) in [4.78, 5) is 10.2. The highest BCUT2D eigenvalue weighted by Gasteiger charge is 2.17. The van der Waals surface area contributed by atoms with Crippen molar-refractivity contribution in [3.8, 4) is 0 Å². The molecule has 0 unspecified atom stereocenters. The number of hydrogen-bond acceptors (Lipinski definition) is 2. The number of halogens is 1. The minimum absolute atomic E-state index is 0.935. The van der Waals surface area contributed by atoms with E-state index in [4.69, 9.17) is 9.98 Å². The van der Waals surface area contributed by atoms with Crippen LogP contribution < -0.4 is 0 Å². The molecule has 0 bridgehead atoms. The third kappa shape index (κ3) is 5.52. The molecule has 0 saturated carbocycles. The third-order valence-corrected chi connectivity index (χ3v) is 6.81. The van der Waals surface area contributed by atoms with Crippen molar-refractivity contribution in [1.29, 1.82) is 0 Å². The molecule has 0 amide bonds. The van der Waals surface area contributed by atoms with Gasteiger partial charge in [0, 0.05) is 25.8 Å². The topological polar surface area (TPSA) is 24.7 Å². The normalized spacial score (nSPS) is 11.9. The highest BCUT2D eigenvalue weighted by molar-refractivity contribution is 14.1. The van der Waals surface area contributed by atoms with E-state index < -0.39 is 0 Å². The monoisotopic (exact) mass is 576 g/mol. The summed E-state index contributed by atoms with van der Waals surface area (Å²) < 4.78 is 1.13. The second kappa shape index (κ2) is 11.3. The number of aliphatic imine (C=N–C) groups is 2. The molecule has 0 heterocycles. The van der Waals surface area contributed by atoms with Gasteiger partial charge in [0.1, 0.15) is 0 Å². The molecule has 0 radical (unpaired) electrons. The van der Waals surface area contributed by atoms with Crippen molar-refractivity contribution in [3.63, 3.8) is 0 Å². The molecular formula is C33H25IN2. The van der Waals surface area contributed by atoms with Crippen molar-refractivity contribution in [3.05, 3.63) is 165 Å². The average molecular weight is 576 g/mol. The number of aryl methyl sites for hydroxylation is 1. The molecule has 0 fully saturated rings. The van der Waals surface area contributed by atoms with Gasteiger partial charge in [0.15, 0.2) is 0 Å². The van der Waals surface area contributed by atoms with Gasteiger partial charge in [-0.1, -0.05) is 97.1 Å². The Labute approximate surface area is 226 Å². The van der Waals surface area contributed by atoms with Crippen molar-refractivity contribution < 1.29 is 0 Å². The molecule has 0 spiro atoms. The Bertz CT molecular complexity index is 1390. The fraction of sp³-hybridized carbons (Fsp3) is 0.0303. The minimum atomic E-state index is 0.935. The van der Waals surface area contributed by atoms with Gasteiger partial charge in [0.05, 0.1) is 22.8 Å². The van der Waals surface area contributed by atoms with E-state index in [1.165, 1.54) is 0 Å². The van der Waals surface area contributed by atoms with Crippen LogP contribution in [0.25, 0.3) is 0 Å². The van der Waals surface area contributed by atoms with Gasteiger partial charge in [0.2, 0.25) is 0 Å². The van der Waals surface area contributed by atoms with Crippen LogP contribution in [0, 0.1) is 10.5 Å². The predicted molar refractivity (Wildman–Crippen MR) is 160 cm³/mol. The summed E-state index contributed by atoms with van der Waals surface area (Å²) in [6.07, 6.45) is 0. The first-order chi connectivity index (χ1) is 17.7. The summed E-state index contributed by atoms with van der Waals surface area (Å²) in [5, 5.41) is 0. The molecule has 0 atom stereocenters. The molecule has 174 valence electrons. The van der Waals surface area contributed by atoms with E-state index in [1.54, 1.807) is 0 Å². The van der Waals surface area contributed by atoms with E-state index in [0.29, 0.717) is 0 Å². The lowest BCUT2D eigenvalue weighted by Gasteiger charge is -2.16. The molecule has 5 aromatic carbocycles. The second-order valence-electron chi connectivity index (χ2n) is 8.47. The summed E-state index contributed by atoms with van der Waals surface area (Å²) in [5.41, 5.74) is 9.36. The van der Waals surface area contributed by atoms with Gasteiger partial charge in [-0.2, -0.15) is 0 Å². The van der Waals surface area contributed by atoms with E-state index in [0.717, 1.165) is 54.2 Å². The van der Waals surface area contributed by atoms with Crippen molar-refractivity contribution >= 4 is 45.4 Å². The van der Waals surface area contributed by atoms with Crippen LogP contribution in [0.3, 0.4) is 0 Å². The molecule has 0 aromatic heterocycles. The van der Waals surface area contributed by atoms with E-state index in [2.05, 4.69) is 90.2 Å². The molecule has 36 heavy (non-hydrogen) atoms. The molecule has 0 N–H and O–H groups in total. The van der Waals surface area contributed by atoms with Gasteiger partial charge >= 0.3 is 0 Å². The zero-order chi connectivity index (χ0) is 24.7. The van der Waals surface area contributed by atoms with Gasteiger partial charge in [-0.3, -0.25) is 0 Å². The summed E-state index contributed by atoms with van der Waals surface area (Å²) in [6, 6.07) is 45.5. The lowest BCUT2D eigenvalue weighted by Crippen LogP contribution is -2.11. The maximum atomic E-state index is 5.08. The first-order valence-electron chi connectivity index (χ1n) is 11.9. The lowest BCUT2D eigenvalue weighted by atomic mass is 9.93. The molecule has 0 aliphatic heterocycles. The fourth-order valence-electron chi connectivity index (χ4n) is 4.13. The van der Waals surface area contributed by atoms with Crippen LogP contribution in [0.15, 0.2) is 143 Å². The van der Waals surface area contributed by atoms with E-state index >= 15 is 0 Å². The van der Waals surface area contributed by atoms with Crippen molar-refractivity contribution in [2.45, 2.75) is 6.92 Å². The summed E-state index contributed by atoms with van der Waals surface area (Å²) >= 11 is 2.44. The van der Waals surface area contributed by atoms with Crippen LogP contribution in [-0.4, -0.2) is 11.4 Å². The van der Waals surface area contributed by atoms with Gasteiger partial charge in [-0.25, -0.2) is 9.98 Å². The Hall–Kier alpha value is -3.83. The maximum absolute atomic E-state index is 5.08. The predicted octanol–water partition coefficient (Wildman–Crippen LogP) is 8.94. The molecule has 0 saturated heterocycles. The molecular weight excluding hydrogens is 551 g/mol. The lowest BCUT2D eigenvalue weighted by molar-refractivity contribution is 1.37. The van der Waals surface area contributed by atoms with Crippen molar-refractivity contribution in [2.24, 2.45) is 9.98 Å². The summed E-state index contributed by atoms with van der Waals surface area (Å²) in [6.45, 7) is 2.16. The van der Waals surface area contributed by atoms with Crippen LogP contribution in [0.1, 0.15) is 27.8 Å². The number of hydrogen-bond donors (Lipinski definition) is 0. The number of rotatable bonds is 6. The third-order valence-electron chi connectivity index (χ3n) is 5.91. The van der Waals surface area contributed by atoms with Crippen LogP contribution in [0.4, 0.5) is 11.4 Å². The van der Waals surface area contributed by atoms with Crippen LogP contribution in [0.5, 0.6) is 0 Å². The second-order valence-corrected chi connectivity index (χ2v) is 9.63. The minimum Gasteiger partial charge on any atom is -0.248 e. The Balaban J connectivity index is 1.67. The maximum Gasteiger partial charge on any atom is 0.0792 e. The van der Waals surface area contributed by atoms with Crippen molar-refractivity contribution in [1.82, 2.24) is 0 Å². The standard InChI is InChI=1S/C33H25IN2/c1-24-22-30(33(26-16-8-3-9-17-26)36-28-20-12-5-13-21-28)31(34)23-29(24)32(25-14-6-2-7-15-25)35-27-18-10-4-11-19-27/h2-23H,1H3. The highest BCUT2D eigenvalue weighted by Crippen LogP contribution is 2.27. The van der Waals surface area contributed by atoms with Crippen LogP contribution in [-0.2, 0) is 0 Å². The Morgan fingerprint density at radius 2 is 0.889 bits per heavy atom. The zero-order valence-electron chi connectivity index (χ0n) is 20.0. The summed E-state index contributed by atoms with van der Waals surface area (Å²) in [5.74, 6) is 0.